The molecular weight excluding hydrogens is 464 g/mol. The van der Waals surface area contributed by atoms with Crippen LogP contribution >= 0.6 is 11.3 Å². The molecule has 0 radical (unpaired) electrons. The minimum atomic E-state index is -0.369. The Morgan fingerprint density at radius 3 is 2.63 bits per heavy atom. The quantitative estimate of drug-likeness (QED) is 0.439. The van der Waals surface area contributed by atoms with Crippen molar-refractivity contribution in [1.29, 1.82) is 0 Å². The van der Waals surface area contributed by atoms with E-state index in [1.54, 1.807) is 19.2 Å². The first-order valence-electron chi connectivity index (χ1n) is 11.8. The van der Waals surface area contributed by atoms with E-state index in [0.29, 0.717) is 38.4 Å². The van der Waals surface area contributed by atoms with Gasteiger partial charge in [-0.15, -0.1) is 11.3 Å². The molecule has 1 amide bonds. The molecule has 1 saturated heterocycles. The molecule has 0 saturated carbocycles. The molecule has 3 heterocycles. The Morgan fingerprint density at radius 2 is 1.89 bits per heavy atom. The number of rotatable bonds is 8. The van der Waals surface area contributed by atoms with Crippen LogP contribution in [0.5, 0.6) is 5.75 Å². The van der Waals surface area contributed by atoms with E-state index in [1.165, 1.54) is 16.9 Å². The molecule has 1 fully saturated rings. The number of carbonyl (C=O) groups excluding carboxylic acids is 2. The maximum atomic E-state index is 12.9. The van der Waals surface area contributed by atoms with Crippen LogP contribution in [0.3, 0.4) is 0 Å². The fraction of sp³-hybridized carbons (Fsp3) is 0.385. The van der Waals surface area contributed by atoms with Crippen molar-refractivity contribution >= 4 is 29.0 Å². The number of thiazole rings is 1. The Bertz CT molecular complexity index is 1130. The summed E-state index contributed by atoms with van der Waals surface area (Å²) in [5.74, 6) is 1.31. The van der Waals surface area contributed by atoms with Gasteiger partial charge >= 0.3 is 5.97 Å². The Hall–Kier alpha value is -3.46. The van der Waals surface area contributed by atoms with Gasteiger partial charge in [0.2, 0.25) is 5.91 Å². The van der Waals surface area contributed by atoms with Gasteiger partial charge in [-0.1, -0.05) is 17.7 Å². The third-order valence-electron chi connectivity index (χ3n) is 5.75. The molecule has 0 N–H and O–H groups in total. The second kappa shape index (κ2) is 11.8. The first kappa shape index (κ1) is 24.7. The highest BCUT2D eigenvalue weighted by atomic mass is 32.1. The molecule has 4 rings (SSSR count). The van der Waals surface area contributed by atoms with Crippen LogP contribution in [0.2, 0.25) is 0 Å². The van der Waals surface area contributed by atoms with Crippen LogP contribution in [0.25, 0.3) is 0 Å². The molecule has 8 nitrogen and oxygen atoms in total. The molecule has 0 aliphatic carbocycles. The van der Waals surface area contributed by atoms with Gasteiger partial charge in [0.05, 0.1) is 24.3 Å². The molecule has 0 unspecified atom stereocenters. The summed E-state index contributed by atoms with van der Waals surface area (Å²) in [7, 11) is 0. The lowest BCUT2D eigenvalue weighted by atomic mass is 10.2. The summed E-state index contributed by atoms with van der Waals surface area (Å²) in [6, 6.07) is 11.5. The maximum Gasteiger partial charge on any atom is 0.339 e. The van der Waals surface area contributed by atoms with E-state index in [2.05, 4.69) is 14.9 Å². The number of pyridine rings is 1. The van der Waals surface area contributed by atoms with Crippen LogP contribution in [0, 0.1) is 6.92 Å². The lowest BCUT2D eigenvalue weighted by molar-refractivity contribution is -0.130. The van der Waals surface area contributed by atoms with Gasteiger partial charge in [0.15, 0.2) is 0 Å². The fourth-order valence-corrected chi connectivity index (χ4v) is 4.55. The molecule has 1 aromatic carbocycles. The number of amides is 1. The number of carbonyl (C=O) groups is 2. The summed E-state index contributed by atoms with van der Waals surface area (Å²) in [6.07, 6.45) is 2.68. The van der Waals surface area contributed by atoms with E-state index in [9.17, 15) is 9.59 Å². The summed E-state index contributed by atoms with van der Waals surface area (Å²) in [6.45, 7) is 7.34. The van der Waals surface area contributed by atoms with E-state index in [1.807, 2.05) is 47.5 Å². The van der Waals surface area contributed by atoms with E-state index in [0.717, 1.165) is 35.2 Å². The maximum absolute atomic E-state index is 12.9. The Labute approximate surface area is 209 Å². The number of nitrogens with zero attached hydrogens (tertiary/aromatic N) is 4. The van der Waals surface area contributed by atoms with Crippen molar-refractivity contribution in [1.82, 2.24) is 14.9 Å². The summed E-state index contributed by atoms with van der Waals surface area (Å²) >= 11 is 1.51. The van der Waals surface area contributed by atoms with Gasteiger partial charge in [0, 0.05) is 37.8 Å². The van der Waals surface area contributed by atoms with Crippen molar-refractivity contribution in [2.75, 3.05) is 37.7 Å². The third-order valence-corrected chi connectivity index (χ3v) is 6.62. The van der Waals surface area contributed by atoms with Gasteiger partial charge in [-0.25, -0.2) is 14.8 Å². The number of aryl methyl sites for hydroxylation is 1. The molecular formula is C26H30N4O4S. The lowest BCUT2D eigenvalue weighted by Gasteiger charge is -2.23. The number of aromatic nitrogens is 2. The SMILES string of the molecule is CCOC(=O)c1ccc(N2CCCN(C(=O)Cc3csc(COc4ccc(C)cc4)n3)CC2)nc1. The molecule has 3 aromatic rings. The number of benzene rings is 1. The second-order valence-electron chi connectivity index (χ2n) is 8.36. The van der Waals surface area contributed by atoms with Crippen molar-refractivity contribution in [3.05, 3.63) is 69.8 Å². The molecule has 0 spiro atoms. The van der Waals surface area contributed by atoms with Gasteiger partial charge in [-0.05, 0) is 44.5 Å². The summed E-state index contributed by atoms with van der Waals surface area (Å²) < 4.78 is 10.8. The minimum Gasteiger partial charge on any atom is -0.486 e. The van der Waals surface area contributed by atoms with Gasteiger partial charge in [-0.3, -0.25) is 4.79 Å². The predicted octanol–water partition coefficient (Wildman–Crippen LogP) is 3.88. The molecule has 2 aromatic heterocycles. The van der Waals surface area contributed by atoms with Crippen molar-refractivity contribution in [2.45, 2.75) is 33.3 Å². The summed E-state index contributed by atoms with van der Waals surface area (Å²) in [4.78, 5) is 37.8. The molecule has 35 heavy (non-hydrogen) atoms. The zero-order valence-corrected chi connectivity index (χ0v) is 20.9. The predicted molar refractivity (Wildman–Crippen MR) is 135 cm³/mol. The van der Waals surface area contributed by atoms with Gasteiger partial charge in [0.25, 0.3) is 0 Å². The average Bonchev–Trinajstić information content (AvgIpc) is 3.16. The molecule has 0 bridgehead atoms. The van der Waals surface area contributed by atoms with E-state index < -0.39 is 0 Å². The minimum absolute atomic E-state index is 0.0776. The Kier molecular flexibility index (Phi) is 8.31. The van der Waals surface area contributed by atoms with Gasteiger partial charge in [-0.2, -0.15) is 0 Å². The highest BCUT2D eigenvalue weighted by Crippen LogP contribution is 2.18. The van der Waals surface area contributed by atoms with E-state index >= 15 is 0 Å². The fourth-order valence-electron chi connectivity index (χ4n) is 3.85. The summed E-state index contributed by atoms with van der Waals surface area (Å²) in [5, 5.41) is 2.79. The molecule has 1 aliphatic rings. The standard InChI is InChI=1S/C26H30N4O4S/c1-3-33-26(32)20-7-10-23(27-16-20)29-11-4-12-30(14-13-29)25(31)15-21-18-35-24(28-21)17-34-22-8-5-19(2)6-9-22/h5-10,16,18H,3-4,11-15,17H2,1-2H3. The number of esters is 1. The molecule has 0 atom stereocenters. The first-order chi connectivity index (χ1) is 17.0. The number of ether oxygens (including phenoxy) is 2. The van der Waals surface area contributed by atoms with Crippen molar-refractivity contribution in [3.63, 3.8) is 0 Å². The monoisotopic (exact) mass is 494 g/mol. The Balaban J connectivity index is 1.27. The third kappa shape index (κ3) is 6.79. The highest BCUT2D eigenvalue weighted by Gasteiger charge is 2.21. The van der Waals surface area contributed by atoms with E-state index in [-0.39, 0.29) is 18.3 Å². The molecule has 184 valence electrons. The molecule has 9 heteroatoms. The average molecular weight is 495 g/mol. The Morgan fingerprint density at radius 1 is 1.06 bits per heavy atom. The van der Waals surface area contributed by atoms with Crippen LogP contribution in [0.1, 0.15) is 40.0 Å². The van der Waals surface area contributed by atoms with Gasteiger partial charge < -0.3 is 19.3 Å². The van der Waals surface area contributed by atoms with Crippen molar-refractivity contribution in [3.8, 4) is 5.75 Å². The zero-order chi connectivity index (χ0) is 24.6. The number of hydrogen-bond acceptors (Lipinski definition) is 8. The normalized spacial score (nSPS) is 13.9. The smallest absolute Gasteiger partial charge is 0.339 e. The van der Waals surface area contributed by atoms with E-state index in [4.69, 9.17) is 9.47 Å². The highest BCUT2D eigenvalue weighted by molar-refractivity contribution is 7.09. The van der Waals surface area contributed by atoms with Crippen molar-refractivity contribution in [2.24, 2.45) is 0 Å². The topological polar surface area (TPSA) is 84.9 Å². The number of hydrogen-bond donors (Lipinski definition) is 0. The van der Waals surface area contributed by atoms with Crippen LogP contribution < -0.4 is 9.64 Å². The summed E-state index contributed by atoms with van der Waals surface area (Å²) in [5.41, 5.74) is 2.40. The van der Waals surface area contributed by atoms with Crippen LogP contribution in [-0.4, -0.2) is 59.5 Å². The van der Waals surface area contributed by atoms with Crippen LogP contribution in [-0.2, 0) is 22.6 Å². The zero-order valence-electron chi connectivity index (χ0n) is 20.1. The van der Waals surface area contributed by atoms with Crippen LogP contribution in [0.4, 0.5) is 5.82 Å². The second-order valence-corrected chi connectivity index (χ2v) is 9.30. The largest absolute Gasteiger partial charge is 0.486 e. The van der Waals surface area contributed by atoms with Crippen LogP contribution in [0.15, 0.2) is 48.0 Å². The lowest BCUT2D eigenvalue weighted by Crippen LogP contribution is -2.36. The first-order valence-corrected chi connectivity index (χ1v) is 12.7. The molecule has 1 aliphatic heterocycles. The number of anilines is 1. The van der Waals surface area contributed by atoms with Crippen molar-refractivity contribution < 1.29 is 19.1 Å². The van der Waals surface area contributed by atoms with Gasteiger partial charge in [0.1, 0.15) is 23.2 Å².